The van der Waals surface area contributed by atoms with Crippen LogP contribution in [0.25, 0.3) is 49.3 Å². The Morgan fingerprint density at radius 3 is 1.65 bits per heavy atom. The van der Waals surface area contributed by atoms with Gasteiger partial charge in [0.2, 0.25) is 0 Å². The molecule has 4 unspecified atom stereocenters. The molecule has 0 saturated carbocycles. The Balaban J connectivity index is 0.000000111. The average Bonchev–Trinajstić information content (AvgIpc) is 1.35. The Hall–Kier alpha value is -9.36. The number of carbonyl (C=O) groups excluding carboxylic acids is 1. The molecule has 1 amide bonds. The molecular weight excluding hydrogens is 1400 g/mol. The van der Waals surface area contributed by atoms with Crippen LogP contribution in [-0.4, -0.2) is 78.2 Å². The number of aromatic amines is 4. The van der Waals surface area contributed by atoms with Gasteiger partial charge in [-0.25, -0.2) is 22.9 Å². The van der Waals surface area contributed by atoms with Gasteiger partial charge in [0.05, 0.1) is 31.1 Å². The van der Waals surface area contributed by atoms with E-state index < -0.39 is 11.6 Å². The van der Waals surface area contributed by atoms with E-state index in [9.17, 15) is 18.0 Å². The van der Waals surface area contributed by atoms with Crippen molar-refractivity contribution in [1.29, 1.82) is 0 Å². The standard InChI is InChI=1S/C27H23ClN4.C20H18BrFN2O2.C18H17ClN2.C17H13ClF2N2/c28-21-8-11-25-24(16-21)23-12-14-31(17-19-4-2-1-3-5-19)27(26(23)30-25)20-6-9-22(10-7-20)32-15-13-29-18-32;1-2-26-20(25)24-10-9-15-16-11-14(22)7-8-17(16)23-18(15)19(24)12-3-5-13(21)6-4-12;1-11-2-4-12(5-3-11)17-18-14(8-9-20-17)15-10-13(19)6-7-16(15)21-18;18-9-1-4-15-12(7-9)11-5-6-21-16(17(11)22-15)13-8-10(19)2-3-14(13)20/h1-11,13,15-16,18,27,30H,12,14,17H2;3-8,11,19,23H,2,9-10H2,1H3;2-7,10,17,20-21H,8-9H2,1H3;1-4,7-8,16,21-22H,5-6H2. The highest BCUT2D eigenvalue weighted by atomic mass is 79.9. The van der Waals surface area contributed by atoms with E-state index in [4.69, 9.17) is 39.5 Å². The number of carbonyl (C=O) groups is 1. The molecule has 0 spiro atoms. The van der Waals surface area contributed by atoms with Crippen LogP contribution in [0.1, 0.15) is 110 Å². The zero-order valence-electron chi connectivity index (χ0n) is 55.3. The first-order valence-corrected chi connectivity index (χ1v) is 35.9. The largest absolute Gasteiger partial charge is 0.450 e. The van der Waals surface area contributed by atoms with E-state index >= 15 is 0 Å². The number of halogens is 7. The molecule has 4 aliphatic rings. The van der Waals surface area contributed by atoms with Gasteiger partial charge in [-0.3, -0.25) is 9.80 Å². The van der Waals surface area contributed by atoms with Crippen LogP contribution >= 0.6 is 50.7 Å². The number of imidazole rings is 1. The second-order valence-corrected chi connectivity index (χ2v) is 28.2. The molecule has 5 aromatic heterocycles. The third-order valence-corrected chi connectivity index (χ3v) is 20.9. The van der Waals surface area contributed by atoms with Crippen molar-refractivity contribution < 1.29 is 22.7 Å². The van der Waals surface area contributed by atoms with Gasteiger partial charge in [-0.05, 0) is 199 Å². The van der Waals surface area contributed by atoms with Gasteiger partial charge in [0.1, 0.15) is 23.5 Å². The zero-order valence-corrected chi connectivity index (χ0v) is 59.2. The summed E-state index contributed by atoms with van der Waals surface area (Å²) in [4.78, 5) is 35.1. The number of fused-ring (bicyclic) bond motifs is 12. The maximum absolute atomic E-state index is 14.1. The highest BCUT2D eigenvalue weighted by Crippen LogP contribution is 2.43. The van der Waals surface area contributed by atoms with Crippen LogP contribution in [0, 0.1) is 24.4 Å². The maximum Gasteiger partial charge on any atom is 0.410 e. The van der Waals surface area contributed by atoms with E-state index in [-0.39, 0.29) is 36.1 Å². The number of benzene rings is 9. The summed E-state index contributed by atoms with van der Waals surface area (Å²) in [6.45, 7) is 8.36. The second kappa shape index (κ2) is 29.3. The van der Waals surface area contributed by atoms with Crippen molar-refractivity contribution >= 4 is 100 Å². The van der Waals surface area contributed by atoms with Crippen molar-refractivity contribution in [2.24, 2.45) is 0 Å². The SMILES string of the molecule is CCOC(=O)N1CCc2c([nH]c3ccc(F)cc23)C1c1ccc(Br)cc1.Cc1ccc(C2NCCc3c2[nH]c2ccc(Cl)cc32)cc1.Clc1ccc2[nH]c3c(c2c1)CCN(Cc1ccccc1)C3c1ccc(-n2ccnc2)cc1.Fc1ccc(F)c(C2NCCc3c2[nH]c2ccc(Cl)cc32)c1. The molecule has 12 nitrogen and oxygen atoms in total. The van der Waals surface area contributed by atoms with Crippen molar-refractivity contribution in [3.8, 4) is 5.69 Å². The van der Waals surface area contributed by atoms with Crippen molar-refractivity contribution in [2.75, 3.05) is 32.8 Å². The number of rotatable bonds is 8. The molecule has 4 aliphatic heterocycles. The van der Waals surface area contributed by atoms with Crippen LogP contribution in [0.2, 0.25) is 15.1 Å². The van der Waals surface area contributed by atoms with Crippen molar-refractivity contribution in [2.45, 2.75) is 70.2 Å². The minimum atomic E-state index is -0.440. The molecule has 0 aliphatic carbocycles. The van der Waals surface area contributed by atoms with E-state index in [1.807, 2.05) is 71.7 Å². The predicted molar refractivity (Wildman–Crippen MR) is 402 cm³/mol. The summed E-state index contributed by atoms with van der Waals surface area (Å²) in [7, 11) is 0. The topological polar surface area (TPSA) is 138 Å². The van der Waals surface area contributed by atoms with E-state index in [2.05, 4.69) is 166 Å². The number of aromatic nitrogens is 6. The lowest BCUT2D eigenvalue weighted by atomic mass is 9.91. The van der Waals surface area contributed by atoms with E-state index in [0.29, 0.717) is 36.7 Å². The highest BCUT2D eigenvalue weighted by Gasteiger charge is 2.37. The second-order valence-electron chi connectivity index (χ2n) is 25.9. The van der Waals surface area contributed by atoms with Crippen molar-refractivity contribution in [1.82, 2.24) is 49.9 Å². The number of nitrogens with one attached hydrogen (secondary N) is 6. The first kappa shape index (κ1) is 67.5. The number of hydrogen-bond acceptors (Lipinski definition) is 6. The molecule has 9 aromatic carbocycles. The molecule has 18 rings (SSSR count). The van der Waals surface area contributed by atoms with Crippen LogP contribution in [0.3, 0.4) is 0 Å². The number of amides is 1. The van der Waals surface area contributed by atoms with Crippen LogP contribution in [0.4, 0.5) is 18.0 Å². The summed E-state index contributed by atoms with van der Waals surface area (Å²) < 4.78 is 49.7. The van der Waals surface area contributed by atoms with Crippen molar-refractivity contribution in [3.05, 3.63) is 328 Å². The maximum atomic E-state index is 14.1. The molecule has 101 heavy (non-hydrogen) atoms. The molecular formula is C82H71BrCl3F3N10O2. The van der Waals surface area contributed by atoms with Gasteiger partial charge in [0.15, 0.2) is 0 Å². The van der Waals surface area contributed by atoms with Gasteiger partial charge >= 0.3 is 6.09 Å². The van der Waals surface area contributed by atoms with Gasteiger partial charge in [0.25, 0.3) is 0 Å². The quantitative estimate of drug-likeness (QED) is 0.0896. The molecule has 0 radical (unpaired) electrons. The minimum absolute atomic E-state index is 0.155. The normalized spacial score (nSPS) is 17.0. The summed E-state index contributed by atoms with van der Waals surface area (Å²) in [6.07, 6.45) is 8.79. The summed E-state index contributed by atoms with van der Waals surface area (Å²) >= 11 is 22.0. The monoisotopic (exact) mass is 1470 g/mol. The lowest BCUT2D eigenvalue weighted by Gasteiger charge is -2.36. The number of ether oxygens (including phenoxy) is 1. The Morgan fingerprint density at radius 2 is 1.05 bits per heavy atom. The third kappa shape index (κ3) is 14.0. The number of aryl methyl sites for hydroxylation is 1. The Labute approximate surface area is 606 Å². The average molecular weight is 1470 g/mol. The van der Waals surface area contributed by atoms with Gasteiger partial charge in [-0.2, -0.15) is 0 Å². The van der Waals surface area contributed by atoms with Crippen molar-refractivity contribution in [3.63, 3.8) is 0 Å². The summed E-state index contributed by atoms with van der Waals surface area (Å²) in [5.41, 5.74) is 21.1. The summed E-state index contributed by atoms with van der Waals surface area (Å²) in [5, 5.41) is 13.6. The molecule has 6 N–H and O–H groups in total. The Bertz CT molecular complexity index is 5310. The molecule has 0 fully saturated rings. The molecule has 19 heteroatoms. The molecule has 9 heterocycles. The van der Waals surface area contributed by atoms with E-state index in [1.165, 1.54) is 79.3 Å². The van der Waals surface area contributed by atoms with Gasteiger partial charge < -0.3 is 39.9 Å². The smallest absolute Gasteiger partial charge is 0.410 e. The number of nitrogens with zero attached hydrogens (tertiary/aromatic N) is 4. The molecule has 0 bridgehead atoms. The van der Waals surface area contributed by atoms with E-state index in [1.54, 1.807) is 30.2 Å². The zero-order chi connectivity index (χ0) is 69.4. The van der Waals surface area contributed by atoms with Gasteiger partial charge in [-0.1, -0.05) is 135 Å². The van der Waals surface area contributed by atoms with Crippen LogP contribution in [0.5, 0.6) is 0 Å². The Morgan fingerprint density at radius 1 is 0.545 bits per heavy atom. The summed E-state index contributed by atoms with van der Waals surface area (Å²) in [5.74, 6) is -1.11. The van der Waals surface area contributed by atoms with Gasteiger partial charge in [-0.15, -0.1) is 0 Å². The lowest BCUT2D eigenvalue weighted by molar-refractivity contribution is 0.0932. The van der Waals surface area contributed by atoms with Crippen LogP contribution in [0.15, 0.2) is 217 Å². The fourth-order valence-corrected chi connectivity index (χ4v) is 15.8. The predicted octanol–water partition coefficient (Wildman–Crippen LogP) is 20.0. The molecule has 14 aromatic rings. The highest BCUT2D eigenvalue weighted by molar-refractivity contribution is 9.10. The van der Waals surface area contributed by atoms with E-state index in [0.717, 1.165) is 121 Å². The fourth-order valence-electron chi connectivity index (χ4n) is 15.0. The van der Waals surface area contributed by atoms with Crippen LogP contribution in [-0.2, 0) is 37.0 Å². The third-order valence-electron chi connectivity index (χ3n) is 19.7. The Kier molecular flexibility index (Phi) is 19.6. The minimum Gasteiger partial charge on any atom is -0.450 e. The van der Waals surface area contributed by atoms with Crippen LogP contribution < -0.4 is 10.6 Å². The van der Waals surface area contributed by atoms with Gasteiger partial charge in [0, 0.05) is 142 Å². The lowest BCUT2D eigenvalue weighted by Crippen LogP contribution is -2.40. The number of H-pyrrole nitrogens is 4. The summed E-state index contributed by atoms with van der Waals surface area (Å²) in [6, 6.07) is 62.1. The molecule has 4 atom stereocenters. The molecule has 0 saturated heterocycles. The first-order chi connectivity index (χ1) is 49.2. The fraction of sp³-hybridized carbons (Fsp3) is 0.195. The molecule has 510 valence electrons. The number of hydrogen-bond donors (Lipinski definition) is 6. The first-order valence-electron chi connectivity index (χ1n) is 33.9.